The summed E-state index contributed by atoms with van der Waals surface area (Å²) in [6, 6.07) is 12.9. The van der Waals surface area contributed by atoms with Gasteiger partial charge in [0.1, 0.15) is 5.75 Å². The summed E-state index contributed by atoms with van der Waals surface area (Å²) in [6.45, 7) is 3.70. The van der Waals surface area contributed by atoms with Gasteiger partial charge in [0.05, 0.1) is 12.3 Å². The number of benzene rings is 2. The highest BCUT2D eigenvalue weighted by Gasteiger charge is 2.17. The number of rotatable bonds is 7. The molecule has 2 aromatic rings. The van der Waals surface area contributed by atoms with E-state index in [0.29, 0.717) is 36.8 Å². The molecule has 6 nitrogen and oxygen atoms in total. The lowest BCUT2D eigenvalue weighted by atomic mass is 10.1. The number of hydrogen-bond acceptors (Lipinski definition) is 4. The summed E-state index contributed by atoms with van der Waals surface area (Å²) in [5.41, 5.74) is 3.16. The van der Waals surface area contributed by atoms with Crippen molar-refractivity contribution in [1.82, 2.24) is 5.32 Å². The maximum atomic E-state index is 12.5. The number of carbonyl (C=O) groups excluding carboxylic acids is 2. The molecule has 0 aromatic heterocycles. The van der Waals surface area contributed by atoms with Gasteiger partial charge in [-0.3, -0.25) is 9.59 Å². The third-order valence-corrected chi connectivity index (χ3v) is 4.04. The largest absolute Gasteiger partial charge is 0.482 e. The van der Waals surface area contributed by atoms with E-state index >= 15 is 0 Å². The molecule has 1 heterocycles. The van der Waals surface area contributed by atoms with Gasteiger partial charge < -0.3 is 20.1 Å². The summed E-state index contributed by atoms with van der Waals surface area (Å²) >= 11 is 0. The second kappa shape index (κ2) is 8.49. The number of carbonyl (C=O) groups is 2. The molecule has 136 valence electrons. The van der Waals surface area contributed by atoms with Crippen LogP contribution in [0.4, 0.5) is 5.69 Å². The molecule has 3 rings (SSSR count). The van der Waals surface area contributed by atoms with Crippen LogP contribution in [0.1, 0.15) is 34.8 Å². The average Bonchev–Trinajstić information content (AvgIpc) is 2.66. The molecule has 1 aliphatic rings. The fourth-order valence-electron chi connectivity index (χ4n) is 2.69. The van der Waals surface area contributed by atoms with Gasteiger partial charge in [0.2, 0.25) is 0 Å². The number of nitrogens with one attached hydrogen (secondary N) is 2. The molecule has 0 saturated heterocycles. The fraction of sp³-hybridized carbons (Fsp3) is 0.300. The Morgan fingerprint density at radius 2 is 2.04 bits per heavy atom. The van der Waals surface area contributed by atoms with E-state index in [1.807, 2.05) is 24.3 Å². The van der Waals surface area contributed by atoms with Gasteiger partial charge >= 0.3 is 0 Å². The Hall–Kier alpha value is -2.86. The van der Waals surface area contributed by atoms with Crippen LogP contribution in [-0.4, -0.2) is 25.0 Å². The van der Waals surface area contributed by atoms with Gasteiger partial charge in [-0.2, -0.15) is 0 Å². The maximum absolute atomic E-state index is 12.5. The van der Waals surface area contributed by atoms with Crippen molar-refractivity contribution in [2.75, 3.05) is 18.5 Å². The fourth-order valence-corrected chi connectivity index (χ4v) is 2.69. The van der Waals surface area contributed by atoms with Gasteiger partial charge in [0, 0.05) is 18.7 Å². The van der Waals surface area contributed by atoms with Crippen LogP contribution in [0.2, 0.25) is 0 Å². The quantitative estimate of drug-likeness (QED) is 0.750. The van der Waals surface area contributed by atoms with Crippen LogP contribution in [0.3, 0.4) is 0 Å². The van der Waals surface area contributed by atoms with Crippen LogP contribution >= 0.6 is 0 Å². The molecule has 2 amide bonds. The molecule has 2 aromatic carbocycles. The average molecular weight is 354 g/mol. The van der Waals surface area contributed by atoms with Crippen LogP contribution in [0, 0.1) is 0 Å². The standard InChI is InChI=1S/C20H22N2O4/c1-2-9-25-12-16-6-4-3-5-15(16)11-21-20(24)14-7-8-17-18(10-14)26-13-19(23)22-17/h3-8,10H,2,9,11-13H2,1H3,(H,21,24)(H,22,23). The van der Waals surface area contributed by atoms with E-state index < -0.39 is 0 Å². The first kappa shape index (κ1) is 17.9. The molecule has 0 aliphatic carbocycles. The maximum Gasteiger partial charge on any atom is 0.262 e. The van der Waals surface area contributed by atoms with E-state index in [1.54, 1.807) is 18.2 Å². The number of amides is 2. The Morgan fingerprint density at radius 1 is 1.23 bits per heavy atom. The number of hydrogen-bond donors (Lipinski definition) is 2. The Kier molecular flexibility index (Phi) is 5.86. The predicted molar refractivity (Wildman–Crippen MR) is 98.1 cm³/mol. The Morgan fingerprint density at radius 3 is 2.85 bits per heavy atom. The minimum absolute atomic E-state index is 0.0385. The van der Waals surface area contributed by atoms with Crippen molar-refractivity contribution in [1.29, 1.82) is 0 Å². The van der Waals surface area contributed by atoms with E-state index in [1.165, 1.54) is 0 Å². The summed E-state index contributed by atoms with van der Waals surface area (Å²) in [4.78, 5) is 23.8. The minimum Gasteiger partial charge on any atom is -0.482 e. The molecule has 0 saturated carbocycles. The highest BCUT2D eigenvalue weighted by molar-refractivity contribution is 5.98. The molecule has 6 heteroatoms. The van der Waals surface area contributed by atoms with Crippen LogP contribution < -0.4 is 15.4 Å². The number of anilines is 1. The summed E-state index contributed by atoms with van der Waals surface area (Å²) in [6.07, 6.45) is 0.972. The van der Waals surface area contributed by atoms with E-state index in [9.17, 15) is 9.59 Å². The summed E-state index contributed by atoms with van der Waals surface area (Å²) in [7, 11) is 0. The van der Waals surface area contributed by atoms with Crippen molar-refractivity contribution < 1.29 is 19.1 Å². The zero-order valence-corrected chi connectivity index (χ0v) is 14.7. The molecule has 2 N–H and O–H groups in total. The highest BCUT2D eigenvalue weighted by atomic mass is 16.5. The van der Waals surface area contributed by atoms with Crippen LogP contribution in [0.15, 0.2) is 42.5 Å². The van der Waals surface area contributed by atoms with Gasteiger partial charge in [0.15, 0.2) is 6.61 Å². The van der Waals surface area contributed by atoms with Crippen molar-refractivity contribution in [2.45, 2.75) is 26.5 Å². The van der Waals surface area contributed by atoms with Crippen molar-refractivity contribution in [3.8, 4) is 5.75 Å². The minimum atomic E-state index is -0.198. The number of fused-ring (bicyclic) bond motifs is 1. The molecular formula is C20H22N2O4. The molecule has 1 aliphatic heterocycles. The van der Waals surface area contributed by atoms with Crippen molar-refractivity contribution in [3.63, 3.8) is 0 Å². The lowest BCUT2D eigenvalue weighted by Crippen LogP contribution is -2.27. The van der Waals surface area contributed by atoms with Gasteiger partial charge in [0.25, 0.3) is 11.8 Å². The van der Waals surface area contributed by atoms with Gasteiger partial charge in [-0.15, -0.1) is 0 Å². The molecule has 0 spiro atoms. The van der Waals surface area contributed by atoms with E-state index in [-0.39, 0.29) is 18.4 Å². The SMILES string of the molecule is CCCOCc1ccccc1CNC(=O)c1ccc2c(c1)OCC(=O)N2. The monoisotopic (exact) mass is 354 g/mol. The lowest BCUT2D eigenvalue weighted by molar-refractivity contribution is -0.118. The first-order valence-corrected chi connectivity index (χ1v) is 8.67. The molecule has 0 atom stereocenters. The normalized spacial score (nSPS) is 12.7. The first-order valence-electron chi connectivity index (χ1n) is 8.67. The molecule has 26 heavy (non-hydrogen) atoms. The Labute approximate surface area is 152 Å². The first-order chi connectivity index (χ1) is 12.7. The van der Waals surface area contributed by atoms with Crippen LogP contribution in [0.5, 0.6) is 5.75 Å². The summed E-state index contributed by atoms with van der Waals surface area (Å²) < 4.78 is 11.0. The van der Waals surface area contributed by atoms with Gasteiger partial charge in [-0.05, 0) is 35.7 Å². The molecule has 0 fully saturated rings. The second-order valence-electron chi connectivity index (χ2n) is 6.05. The van der Waals surface area contributed by atoms with Crippen molar-refractivity contribution >= 4 is 17.5 Å². The second-order valence-corrected chi connectivity index (χ2v) is 6.05. The van der Waals surface area contributed by atoms with Gasteiger partial charge in [-0.1, -0.05) is 31.2 Å². The van der Waals surface area contributed by atoms with Crippen molar-refractivity contribution in [3.05, 3.63) is 59.2 Å². The Bertz CT molecular complexity index is 804. The third kappa shape index (κ3) is 4.40. The topological polar surface area (TPSA) is 76.7 Å². The van der Waals surface area contributed by atoms with E-state index in [4.69, 9.17) is 9.47 Å². The van der Waals surface area contributed by atoms with Crippen LogP contribution in [-0.2, 0) is 22.7 Å². The van der Waals surface area contributed by atoms with Crippen LogP contribution in [0.25, 0.3) is 0 Å². The van der Waals surface area contributed by atoms with E-state index in [0.717, 1.165) is 17.5 Å². The van der Waals surface area contributed by atoms with Gasteiger partial charge in [-0.25, -0.2) is 0 Å². The smallest absolute Gasteiger partial charge is 0.262 e. The van der Waals surface area contributed by atoms with Crippen molar-refractivity contribution in [2.24, 2.45) is 0 Å². The zero-order valence-electron chi connectivity index (χ0n) is 14.7. The molecule has 0 unspecified atom stereocenters. The van der Waals surface area contributed by atoms with E-state index in [2.05, 4.69) is 17.6 Å². The zero-order chi connectivity index (χ0) is 18.4. The molecular weight excluding hydrogens is 332 g/mol. The molecule has 0 radical (unpaired) electrons. The predicted octanol–water partition coefficient (Wildman–Crippen LogP) is 2.87. The highest BCUT2D eigenvalue weighted by Crippen LogP contribution is 2.28. The summed E-state index contributed by atoms with van der Waals surface area (Å²) in [5.74, 6) is 0.111. The number of ether oxygens (including phenoxy) is 2. The lowest BCUT2D eigenvalue weighted by Gasteiger charge is -2.18. The summed E-state index contributed by atoms with van der Waals surface area (Å²) in [5, 5.41) is 5.63. The third-order valence-electron chi connectivity index (χ3n) is 4.04. The molecule has 0 bridgehead atoms. The Balaban J connectivity index is 1.63.